The van der Waals surface area contributed by atoms with Gasteiger partial charge >= 0.3 is 0 Å². The summed E-state index contributed by atoms with van der Waals surface area (Å²) in [5, 5.41) is 3.82. The van der Waals surface area contributed by atoms with E-state index < -0.39 is 21.8 Å². The number of hydrogen-bond acceptors (Lipinski definition) is 5. The molecule has 0 spiro atoms. The van der Waals surface area contributed by atoms with E-state index in [0.717, 1.165) is 10.5 Å². The summed E-state index contributed by atoms with van der Waals surface area (Å²) in [6.45, 7) is 3.30. The largest absolute Gasteiger partial charge is 0.276 e. The Labute approximate surface area is 151 Å². The lowest BCUT2D eigenvalue weighted by Gasteiger charge is -2.13. The number of amides is 2. The van der Waals surface area contributed by atoms with Crippen LogP contribution in [0.25, 0.3) is 0 Å². The molecule has 1 aliphatic heterocycles. The van der Waals surface area contributed by atoms with E-state index >= 15 is 0 Å². The van der Waals surface area contributed by atoms with Gasteiger partial charge in [-0.15, -0.1) is 0 Å². The van der Waals surface area contributed by atoms with Gasteiger partial charge in [0.05, 0.1) is 28.3 Å². The van der Waals surface area contributed by atoms with Crippen molar-refractivity contribution < 1.29 is 18.0 Å². The predicted octanol–water partition coefficient (Wildman–Crippen LogP) is 1.95. The minimum Gasteiger partial charge on any atom is -0.269 e. The van der Waals surface area contributed by atoms with Gasteiger partial charge in [-0.1, -0.05) is 29.8 Å². The fourth-order valence-corrected chi connectivity index (χ4v) is 3.43. The van der Waals surface area contributed by atoms with Gasteiger partial charge in [0.25, 0.3) is 21.8 Å². The fraction of sp³-hybridized carbons (Fsp3) is 0.167. The molecule has 0 unspecified atom stereocenters. The zero-order valence-electron chi connectivity index (χ0n) is 14.3. The number of imide groups is 1. The highest BCUT2D eigenvalue weighted by molar-refractivity contribution is 7.89. The van der Waals surface area contributed by atoms with Crippen LogP contribution >= 0.6 is 0 Å². The van der Waals surface area contributed by atoms with Crippen LogP contribution in [-0.4, -0.2) is 37.4 Å². The second-order valence-electron chi connectivity index (χ2n) is 6.00. The molecular formula is C18H17N3O4S. The predicted molar refractivity (Wildman–Crippen MR) is 96.4 cm³/mol. The Bertz CT molecular complexity index is 976. The summed E-state index contributed by atoms with van der Waals surface area (Å²) in [6, 6.07) is 12.9. The van der Waals surface area contributed by atoms with Gasteiger partial charge in [-0.3, -0.25) is 14.5 Å². The van der Waals surface area contributed by atoms with Gasteiger partial charge in [0.2, 0.25) is 0 Å². The fourth-order valence-electron chi connectivity index (χ4n) is 2.56. The number of benzene rings is 2. The Morgan fingerprint density at radius 2 is 1.54 bits per heavy atom. The van der Waals surface area contributed by atoms with Crippen LogP contribution in [0, 0.1) is 6.92 Å². The SMILES string of the molecule is C/C(CN1C(=O)c2ccccc2C1=O)=N\NS(=O)(=O)c1ccc(C)cc1. The highest BCUT2D eigenvalue weighted by atomic mass is 32.2. The van der Waals surface area contributed by atoms with Crippen molar-refractivity contribution in [1.29, 1.82) is 0 Å². The molecule has 8 heteroatoms. The lowest BCUT2D eigenvalue weighted by molar-refractivity contribution is 0.0677. The van der Waals surface area contributed by atoms with Crippen LogP contribution in [-0.2, 0) is 10.0 Å². The molecule has 0 saturated heterocycles. The zero-order valence-corrected chi connectivity index (χ0v) is 15.1. The maximum atomic E-state index is 12.3. The van der Waals surface area contributed by atoms with E-state index in [2.05, 4.69) is 9.93 Å². The standard InChI is InChI=1S/C18H17N3O4S/c1-12-7-9-14(10-8-12)26(24,25)20-19-13(2)11-21-17(22)15-5-3-4-6-16(15)18(21)23/h3-10,20H,11H2,1-2H3/b19-13+. The van der Waals surface area contributed by atoms with Crippen molar-refractivity contribution in [1.82, 2.24) is 9.73 Å². The molecule has 2 aromatic rings. The van der Waals surface area contributed by atoms with Gasteiger partial charge in [0.1, 0.15) is 0 Å². The number of hydrogen-bond donors (Lipinski definition) is 1. The lowest BCUT2D eigenvalue weighted by atomic mass is 10.1. The second-order valence-corrected chi connectivity index (χ2v) is 7.66. The molecular weight excluding hydrogens is 354 g/mol. The van der Waals surface area contributed by atoms with Crippen LogP contribution in [0.2, 0.25) is 0 Å². The number of carbonyl (C=O) groups is 2. The first-order valence-corrected chi connectivity index (χ1v) is 9.35. The monoisotopic (exact) mass is 371 g/mol. The van der Waals surface area contributed by atoms with Crippen LogP contribution in [0.5, 0.6) is 0 Å². The highest BCUT2D eigenvalue weighted by Gasteiger charge is 2.35. The minimum atomic E-state index is -3.81. The summed E-state index contributed by atoms with van der Waals surface area (Å²) in [5.74, 6) is -0.830. The van der Waals surface area contributed by atoms with E-state index in [9.17, 15) is 18.0 Å². The topological polar surface area (TPSA) is 95.9 Å². The molecule has 2 amide bonds. The molecule has 1 heterocycles. The molecule has 26 heavy (non-hydrogen) atoms. The van der Waals surface area contributed by atoms with E-state index in [1.54, 1.807) is 43.3 Å². The van der Waals surface area contributed by atoms with Crippen LogP contribution in [0.3, 0.4) is 0 Å². The molecule has 0 fully saturated rings. The van der Waals surface area contributed by atoms with Gasteiger partial charge in [0.15, 0.2) is 0 Å². The van der Waals surface area contributed by atoms with Crippen LogP contribution in [0.4, 0.5) is 0 Å². The molecule has 134 valence electrons. The number of sulfonamides is 1. The van der Waals surface area contributed by atoms with Crippen molar-refractivity contribution in [2.75, 3.05) is 6.54 Å². The van der Waals surface area contributed by atoms with Crippen molar-refractivity contribution >= 4 is 27.5 Å². The average molecular weight is 371 g/mol. The van der Waals surface area contributed by atoms with Crippen molar-refractivity contribution in [2.45, 2.75) is 18.7 Å². The van der Waals surface area contributed by atoms with Crippen molar-refractivity contribution in [2.24, 2.45) is 5.10 Å². The molecule has 0 saturated carbocycles. The Hall–Kier alpha value is -3.00. The molecule has 1 N–H and O–H groups in total. The summed E-state index contributed by atoms with van der Waals surface area (Å²) < 4.78 is 24.5. The van der Waals surface area contributed by atoms with Crippen molar-refractivity contribution in [3.05, 3.63) is 65.2 Å². The third-order valence-corrected chi connectivity index (χ3v) is 5.18. The summed E-state index contributed by atoms with van der Waals surface area (Å²) in [6.07, 6.45) is 0. The van der Waals surface area contributed by atoms with E-state index in [0.29, 0.717) is 11.1 Å². The minimum absolute atomic E-state index is 0.0837. The number of fused-ring (bicyclic) bond motifs is 1. The first-order valence-electron chi connectivity index (χ1n) is 7.86. The summed E-state index contributed by atoms with van der Waals surface area (Å²) in [7, 11) is -3.81. The molecule has 1 aliphatic rings. The van der Waals surface area contributed by atoms with Crippen molar-refractivity contribution in [3.8, 4) is 0 Å². The Balaban J connectivity index is 1.73. The van der Waals surface area contributed by atoms with Gasteiger partial charge in [-0.2, -0.15) is 13.5 Å². The van der Waals surface area contributed by atoms with Gasteiger partial charge in [-0.05, 0) is 38.1 Å². The van der Waals surface area contributed by atoms with E-state index in [-0.39, 0.29) is 17.2 Å². The smallest absolute Gasteiger partial charge is 0.269 e. The summed E-state index contributed by atoms with van der Waals surface area (Å²) in [5.41, 5.74) is 1.90. The first-order chi connectivity index (χ1) is 12.3. The van der Waals surface area contributed by atoms with E-state index in [4.69, 9.17) is 0 Å². The van der Waals surface area contributed by atoms with Gasteiger partial charge in [-0.25, -0.2) is 4.83 Å². The highest BCUT2D eigenvalue weighted by Crippen LogP contribution is 2.22. The number of aryl methyl sites for hydroxylation is 1. The molecule has 7 nitrogen and oxygen atoms in total. The third-order valence-electron chi connectivity index (χ3n) is 3.95. The van der Waals surface area contributed by atoms with E-state index in [1.807, 2.05) is 6.92 Å². The number of hydrazone groups is 1. The maximum Gasteiger partial charge on any atom is 0.276 e. The van der Waals surface area contributed by atoms with Crippen LogP contribution < -0.4 is 4.83 Å². The Morgan fingerprint density at radius 3 is 2.08 bits per heavy atom. The summed E-state index contributed by atoms with van der Waals surface area (Å²) in [4.78, 5) is 27.9. The quantitative estimate of drug-likeness (QED) is 0.494. The average Bonchev–Trinajstić information content (AvgIpc) is 2.86. The van der Waals surface area contributed by atoms with Gasteiger partial charge in [0, 0.05) is 0 Å². The normalized spacial score (nSPS) is 14.5. The Kier molecular flexibility index (Phi) is 4.60. The van der Waals surface area contributed by atoms with E-state index in [1.165, 1.54) is 12.1 Å². The van der Waals surface area contributed by atoms with Gasteiger partial charge < -0.3 is 0 Å². The molecule has 0 atom stereocenters. The molecule has 0 aliphatic carbocycles. The number of nitrogens with zero attached hydrogens (tertiary/aromatic N) is 2. The molecule has 3 rings (SSSR count). The number of nitrogens with one attached hydrogen (secondary N) is 1. The molecule has 0 aromatic heterocycles. The van der Waals surface area contributed by atoms with Crippen LogP contribution in [0.15, 0.2) is 58.5 Å². The Morgan fingerprint density at radius 1 is 1.00 bits per heavy atom. The second kappa shape index (κ2) is 6.72. The molecule has 2 aromatic carbocycles. The molecule has 0 radical (unpaired) electrons. The maximum absolute atomic E-state index is 12.3. The van der Waals surface area contributed by atoms with Crippen molar-refractivity contribution in [3.63, 3.8) is 0 Å². The summed E-state index contributed by atoms with van der Waals surface area (Å²) >= 11 is 0. The number of carbonyl (C=O) groups excluding carboxylic acids is 2. The first kappa shape index (κ1) is 17.8. The third kappa shape index (κ3) is 3.36. The lowest BCUT2D eigenvalue weighted by Crippen LogP contribution is -2.35. The number of rotatable bonds is 5. The van der Waals surface area contributed by atoms with Crippen LogP contribution in [0.1, 0.15) is 33.2 Å². The molecule has 0 bridgehead atoms. The zero-order chi connectivity index (χ0) is 18.9.